The molecule has 0 aromatic heterocycles. The lowest BCUT2D eigenvalue weighted by Gasteiger charge is -2.25. The van der Waals surface area contributed by atoms with Crippen molar-refractivity contribution >= 4 is 13.7 Å². The van der Waals surface area contributed by atoms with Crippen LogP contribution in [0, 0.1) is 0 Å². The van der Waals surface area contributed by atoms with Crippen molar-refractivity contribution in [2.45, 2.75) is 212 Å². The van der Waals surface area contributed by atoms with Crippen LogP contribution < -0.4 is 5.32 Å². The van der Waals surface area contributed by atoms with E-state index >= 15 is 0 Å². The molecule has 0 aliphatic rings. The quantitative estimate of drug-likeness (QED) is 0.0250. The molecule has 0 spiro atoms. The maximum absolute atomic E-state index is 12.7. The summed E-state index contributed by atoms with van der Waals surface area (Å²) in [6.07, 6.45) is 39.3. The highest BCUT2D eigenvalue weighted by Gasteiger charge is 2.27. The van der Waals surface area contributed by atoms with Crippen LogP contribution in [0.1, 0.15) is 200 Å². The number of hydrogen-bond donors (Lipinski definition) is 3. The number of aliphatic hydroxyl groups excluding tert-OH is 1. The van der Waals surface area contributed by atoms with Crippen LogP contribution in [0.3, 0.4) is 0 Å². The SMILES string of the molecule is CCCC/C=C/C(O)C(COP(=O)(O)OCC[N+](C)(C)C)NC(=O)CCCCCCCCCCCCCCCCCCCCCCCCCCC. The number of carbonyl (C=O) groups is 1. The van der Waals surface area contributed by atoms with Crippen LogP contribution >= 0.6 is 7.82 Å². The molecule has 0 aliphatic carbocycles. The van der Waals surface area contributed by atoms with Gasteiger partial charge in [0.2, 0.25) is 5.91 Å². The molecule has 0 aromatic carbocycles. The van der Waals surface area contributed by atoms with E-state index in [4.69, 9.17) is 9.05 Å². The van der Waals surface area contributed by atoms with Crippen LogP contribution in [0.2, 0.25) is 0 Å². The molecule has 0 heterocycles. The monoisotopic (exact) mass is 746 g/mol. The summed E-state index contributed by atoms with van der Waals surface area (Å²) in [5.74, 6) is -0.183. The van der Waals surface area contributed by atoms with Gasteiger partial charge in [-0.3, -0.25) is 13.8 Å². The Morgan fingerprint density at radius 3 is 1.43 bits per heavy atom. The number of phosphoric acid groups is 1. The van der Waals surface area contributed by atoms with E-state index < -0.39 is 20.0 Å². The number of aliphatic hydroxyl groups is 1. The largest absolute Gasteiger partial charge is 0.472 e. The van der Waals surface area contributed by atoms with E-state index in [0.717, 1.165) is 38.5 Å². The van der Waals surface area contributed by atoms with Crippen molar-refractivity contribution in [2.24, 2.45) is 0 Å². The third-order valence-electron chi connectivity index (χ3n) is 9.76. The van der Waals surface area contributed by atoms with Crippen LogP contribution in [0.15, 0.2) is 12.2 Å². The zero-order chi connectivity index (χ0) is 37.9. The molecule has 0 radical (unpaired) electrons. The van der Waals surface area contributed by atoms with Gasteiger partial charge in [0.1, 0.15) is 13.2 Å². The summed E-state index contributed by atoms with van der Waals surface area (Å²) >= 11 is 0. The van der Waals surface area contributed by atoms with E-state index in [-0.39, 0.29) is 19.1 Å². The summed E-state index contributed by atoms with van der Waals surface area (Å²) in [6, 6.07) is -0.836. The van der Waals surface area contributed by atoms with Crippen LogP contribution in [0.4, 0.5) is 0 Å². The topological polar surface area (TPSA) is 105 Å². The molecular weight excluding hydrogens is 659 g/mol. The van der Waals surface area contributed by atoms with Gasteiger partial charge in [-0.15, -0.1) is 0 Å². The number of quaternary nitrogens is 1. The summed E-state index contributed by atoms with van der Waals surface area (Å²) in [4.78, 5) is 22.8. The minimum atomic E-state index is -4.31. The van der Waals surface area contributed by atoms with Crippen molar-refractivity contribution in [2.75, 3.05) is 40.9 Å². The molecule has 0 saturated heterocycles. The summed E-state index contributed by atoms with van der Waals surface area (Å²) in [7, 11) is 1.57. The molecule has 51 heavy (non-hydrogen) atoms. The van der Waals surface area contributed by atoms with Gasteiger partial charge in [-0.1, -0.05) is 193 Å². The molecule has 3 atom stereocenters. The summed E-state index contributed by atoms with van der Waals surface area (Å²) in [5.41, 5.74) is 0. The Bertz CT molecular complexity index is 850. The van der Waals surface area contributed by atoms with Gasteiger partial charge in [-0.25, -0.2) is 4.57 Å². The number of nitrogens with one attached hydrogen (secondary N) is 1. The summed E-state index contributed by atoms with van der Waals surface area (Å²) in [5, 5.41) is 13.5. The second kappa shape index (κ2) is 35.0. The Hall–Kier alpha value is -0.760. The van der Waals surface area contributed by atoms with E-state index in [1.807, 2.05) is 27.2 Å². The molecule has 304 valence electrons. The summed E-state index contributed by atoms with van der Waals surface area (Å²) in [6.45, 7) is 4.67. The Kier molecular flexibility index (Phi) is 34.5. The fourth-order valence-electron chi connectivity index (χ4n) is 6.26. The predicted molar refractivity (Wildman–Crippen MR) is 217 cm³/mol. The van der Waals surface area contributed by atoms with E-state index in [2.05, 4.69) is 19.2 Å². The minimum Gasteiger partial charge on any atom is -0.387 e. The first kappa shape index (κ1) is 50.2. The fraction of sp³-hybridized carbons (Fsp3) is 0.929. The van der Waals surface area contributed by atoms with Crippen molar-refractivity contribution < 1.29 is 32.9 Å². The number of phosphoric ester groups is 1. The van der Waals surface area contributed by atoms with E-state index in [1.165, 1.54) is 141 Å². The maximum atomic E-state index is 12.7. The van der Waals surface area contributed by atoms with Crippen molar-refractivity contribution in [3.8, 4) is 0 Å². The first-order valence-electron chi connectivity index (χ1n) is 21.6. The van der Waals surface area contributed by atoms with E-state index in [9.17, 15) is 19.4 Å². The maximum Gasteiger partial charge on any atom is 0.472 e. The molecule has 3 unspecified atom stereocenters. The molecule has 0 bridgehead atoms. The molecule has 0 aromatic rings. The number of likely N-dealkylation sites (N-methyl/N-ethyl adjacent to an activating group) is 1. The van der Waals surface area contributed by atoms with Gasteiger partial charge in [-0.2, -0.15) is 0 Å². The lowest BCUT2D eigenvalue weighted by molar-refractivity contribution is -0.870. The lowest BCUT2D eigenvalue weighted by Crippen LogP contribution is -2.45. The van der Waals surface area contributed by atoms with E-state index in [1.54, 1.807) is 6.08 Å². The molecule has 8 nitrogen and oxygen atoms in total. The van der Waals surface area contributed by atoms with Gasteiger partial charge >= 0.3 is 7.82 Å². The first-order valence-corrected chi connectivity index (χ1v) is 23.1. The third-order valence-corrected chi connectivity index (χ3v) is 10.7. The Labute approximate surface area is 316 Å². The van der Waals surface area contributed by atoms with Gasteiger partial charge in [-0.05, 0) is 12.8 Å². The highest BCUT2D eigenvalue weighted by atomic mass is 31.2. The van der Waals surface area contributed by atoms with Gasteiger partial charge < -0.3 is 19.8 Å². The number of amides is 1. The highest BCUT2D eigenvalue weighted by Crippen LogP contribution is 2.43. The minimum absolute atomic E-state index is 0.0629. The van der Waals surface area contributed by atoms with Crippen LogP contribution in [-0.2, 0) is 18.4 Å². The van der Waals surface area contributed by atoms with Gasteiger partial charge in [0.25, 0.3) is 0 Å². The number of hydrogen-bond acceptors (Lipinski definition) is 5. The molecule has 0 aliphatic heterocycles. The lowest BCUT2D eigenvalue weighted by atomic mass is 10.0. The number of carbonyl (C=O) groups excluding carboxylic acids is 1. The number of unbranched alkanes of at least 4 members (excludes halogenated alkanes) is 26. The van der Waals surface area contributed by atoms with Gasteiger partial charge in [0.05, 0.1) is 39.9 Å². The molecule has 0 rings (SSSR count). The highest BCUT2D eigenvalue weighted by molar-refractivity contribution is 7.47. The van der Waals surface area contributed by atoms with E-state index in [0.29, 0.717) is 17.4 Å². The zero-order valence-electron chi connectivity index (χ0n) is 34.4. The summed E-state index contributed by atoms with van der Waals surface area (Å²) < 4.78 is 23.3. The normalized spacial score (nSPS) is 14.6. The average Bonchev–Trinajstić information content (AvgIpc) is 3.07. The van der Waals surface area contributed by atoms with Crippen LogP contribution in [0.5, 0.6) is 0 Å². The second-order valence-electron chi connectivity index (χ2n) is 16.1. The molecule has 1 amide bonds. The molecule has 3 N–H and O–H groups in total. The van der Waals surface area contributed by atoms with Crippen molar-refractivity contribution in [3.05, 3.63) is 12.2 Å². The Balaban J connectivity index is 3.89. The third kappa shape index (κ3) is 37.4. The standard InChI is InChI=1S/C42H85N2O6P/c1-6-8-10-12-13-14-15-16-17-18-19-20-21-22-23-24-25-26-27-28-29-30-31-32-34-36-42(46)43-40(41(45)35-33-11-9-7-2)39-50-51(47,48)49-38-37-44(3,4)5/h33,35,40-41,45H,6-32,34,36-39H2,1-5H3,(H-,43,46,47,48)/p+1/b35-33+. The van der Waals surface area contributed by atoms with Crippen molar-refractivity contribution in [1.29, 1.82) is 0 Å². The second-order valence-corrected chi connectivity index (χ2v) is 17.5. The smallest absolute Gasteiger partial charge is 0.387 e. The molecule has 0 fully saturated rings. The number of nitrogens with zero attached hydrogens (tertiary/aromatic N) is 1. The molecule has 9 heteroatoms. The van der Waals surface area contributed by atoms with Gasteiger partial charge in [0, 0.05) is 6.42 Å². The fourth-order valence-corrected chi connectivity index (χ4v) is 7.00. The number of rotatable bonds is 39. The van der Waals surface area contributed by atoms with Crippen LogP contribution in [0.25, 0.3) is 0 Å². The van der Waals surface area contributed by atoms with Gasteiger partial charge in [0.15, 0.2) is 0 Å². The van der Waals surface area contributed by atoms with Crippen molar-refractivity contribution in [1.82, 2.24) is 5.32 Å². The van der Waals surface area contributed by atoms with Crippen molar-refractivity contribution in [3.63, 3.8) is 0 Å². The Morgan fingerprint density at radius 2 is 1.04 bits per heavy atom. The molecule has 0 saturated carbocycles. The first-order chi connectivity index (χ1) is 24.5. The Morgan fingerprint density at radius 1 is 0.647 bits per heavy atom. The van der Waals surface area contributed by atoms with Crippen LogP contribution in [-0.4, -0.2) is 73.4 Å². The zero-order valence-corrected chi connectivity index (χ0v) is 35.3. The number of allylic oxidation sites excluding steroid dienone is 1. The predicted octanol–water partition coefficient (Wildman–Crippen LogP) is 11.6. The molecular formula is C42H86N2O6P+. The average molecular weight is 746 g/mol.